The predicted molar refractivity (Wildman–Crippen MR) is 165 cm³/mol. The van der Waals surface area contributed by atoms with E-state index in [1.807, 2.05) is 0 Å². The number of hydrogen-bond donors (Lipinski definition) is 0. The Labute approximate surface area is 267 Å². The maximum absolute atomic E-state index is 15.1. The number of alkyl halides is 2. The van der Waals surface area contributed by atoms with Gasteiger partial charge in [0.2, 0.25) is 0 Å². The molecule has 0 atom stereocenters. The summed E-state index contributed by atoms with van der Waals surface area (Å²) in [6.45, 7) is 2.77. The summed E-state index contributed by atoms with van der Waals surface area (Å²) < 4.78 is 105. The summed E-state index contributed by atoms with van der Waals surface area (Å²) in [6, 6.07) is 14.8. The lowest BCUT2D eigenvalue weighted by atomic mass is 9.99. The van der Waals surface area contributed by atoms with Crippen LogP contribution in [0.15, 0.2) is 77.8 Å². The van der Waals surface area contributed by atoms with Crippen LogP contribution in [0.2, 0.25) is 0 Å². The second kappa shape index (κ2) is 14.6. The number of thiocarbonyl (C=S) groups is 1. The second-order valence-corrected chi connectivity index (χ2v) is 11.1. The molecule has 0 saturated carbocycles. The van der Waals surface area contributed by atoms with E-state index in [9.17, 15) is 13.2 Å². The standard InChI is InChI=1S/C35H29F6NO3S/c1-2-3-4-5-21-18-43-34(44-19-21)25-16-30(38)33(31(39)17-25)35(40,41)45-26-10-6-22(7-11-26)23-8-12-27(28(36)14-23)24-9-13-32(42-20-46)29(37)15-24/h6-17,21,34H,2-5,18-19H2,1H3. The Morgan fingerprint density at radius 2 is 1.43 bits per heavy atom. The van der Waals surface area contributed by atoms with Gasteiger partial charge in [-0.15, -0.1) is 0 Å². The van der Waals surface area contributed by atoms with Gasteiger partial charge in [-0.2, -0.15) is 13.8 Å². The molecular weight excluding hydrogens is 628 g/mol. The molecular formula is C35H29F6NO3S. The number of unbranched alkanes of at least 4 members (excludes halogenated alkanes) is 2. The van der Waals surface area contributed by atoms with E-state index in [1.54, 1.807) is 6.07 Å². The summed E-state index contributed by atoms with van der Waals surface area (Å²) in [7, 11) is 0. The maximum atomic E-state index is 15.1. The zero-order valence-corrected chi connectivity index (χ0v) is 25.5. The number of hydrogen-bond acceptors (Lipinski definition) is 5. The van der Waals surface area contributed by atoms with Crippen molar-refractivity contribution in [1.82, 2.24) is 0 Å². The molecule has 1 saturated heterocycles. The largest absolute Gasteiger partial charge is 0.432 e. The highest BCUT2D eigenvalue weighted by Gasteiger charge is 2.42. The zero-order valence-electron chi connectivity index (χ0n) is 24.7. The van der Waals surface area contributed by atoms with Crippen molar-refractivity contribution in [3.8, 4) is 28.0 Å². The first-order valence-electron chi connectivity index (χ1n) is 14.7. The van der Waals surface area contributed by atoms with Crippen molar-refractivity contribution in [2.24, 2.45) is 10.9 Å². The van der Waals surface area contributed by atoms with Crippen LogP contribution in [0.1, 0.15) is 50.0 Å². The molecule has 0 N–H and O–H groups in total. The molecule has 0 amide bonds. The monoisotopic (exact) mass is 657 g/mol. The predicted octanol–water partition coefficient (Wildman–Crippen LogP) is 10.7. The van der Waals surface area contributed by atoms with E-state index in [1.165, 1.54) is 48.5 Å². The Bertz CT molecular complexity index is 1710. The lowest BCUT2D eigenvalue weighted by molar-refractivity contribution is -0.206. The normalized spacial score (nSPS) is 16.6. The van der Waals surface area contributed by atoms with Crippen LogP contribution >= 0.6 is 12.2 Å². The van der Waals surface area contributed by atoms with Gasteiger partial charge in [-0.05, 0) is 77.8 Å². The van der Waals surface area contributed by atoms with Gasteiger partial charge < -0.3 is 14.2 Å². The molecule has 0 unspecified atom stereocenters. The minimum Gasteiger partial charge on any atom is -0.429 e. The summed E-state index contributed by atoms with van der Waals surface area (Å²) in [5.41, 5.74) is -0.386. The van der Waals surface area contributed by atoms with Gasteiger partial charge in [0, 0.05) is 17.0 Å². The van der Waals surface area contributed by atoms with Crippen molar-refractivity contribution in [1.29, 1.82) is 0 Å². The van der Waals surface area contributed by atoms with Crippen LogP contribution < -0.4 is 4.74 Å². The molecule has 5 rings (SSSR count). The van der Waals surface area contributed by atoms with Crippen molar-refractivity contribution >= 4 is 23.1 Å². The fraction of sp³-hybridized carbons (Fsp3) is 0.286. The highest BCUT2D eigenvalue weighted by molar-refractivity contribution is 7.78. The molecule has 1 heterocycles. The molecule has 1 aliphatic rings. The van der Waals surface area contributed by atoms with Crippen LogP contribution in [0.25, 0.3) is 22.3 Å². The van der Waals surface area contributed by atoms with Gasteiger partial charge in [0.1, 0.15) is 40.3 Å². The van der Waals surface area contributed by atoms with Crippen LogP contribution in [-0.4, -0.2) is 18.4 Å². The Balaban J connectivity index is 1.26. The summed E-state index contributed by atoms with van der Waals surface area (Å²) in [5, 5.41) is 2.07. The SMILES string of the molecule is CCCCCC1COC(c2cc(F)c(C(F)(F)Oc3ccc(-c4ccc(-c5ccc(N=C=S)c(F)c5)c(F)c4)cc3)c(F)c2)OC1. The Morgan fingerprint density at radius 1 is 0.804 bits per heavy atom. The molecule has 0 aromatic heterocycles. The fourth-order valence-corrected chi connectivity index (χ4v) is 5.35. The number of rotatable bonds is 11. The average Bonchev–Trinajstić information content (AvgIpc) is 3.02. The molecule has 0 spiro atoms. The topological polar surface area (TPSA) is 40.0 Å². The van der Waals surface area contributed by atoms with Crippen molar-refractivity contribution in [2.75, 3.05) is 13.2 Å². The van der Waals surface area contributed by atoms with E-state index in [-0.39, 0.29) is 34.0 Å². The summed E-state index contributed by atoms with van der Waals surface area (Å²) in [4.78, 5) is 3.60. The first-order valence-corrected chi connectivity index (χ1v) is 15.1. The van der Waals surface area contributed by atoms with E-state index in [2.05, 4.69) is 29.3 Å². The third-order valence-electron chi connectivity index (χ3n) is 7.64. The van der Waals surface area contributed by atoms with Gasteiger partial charge in [0.15, 0.2) is 6.29 Å². The number of aliphatic imine (C=N–C) groups is 1. The van der Waals surface area contributed by atoms with E-state index < -0.39 is 41.2 Å². The molecule has 4 aromatic rings. The zero-order chi connectivity index (χ0) is 32.8. The van der Waals surface area contributed by atoms with Crippen LogP contribution in [-0.2, 0) is 15.6 Å². The summed E-state index contributed by atoms with van der Waals surface area (Å²) >= 11 is 4.48. The van der Waals surface area contributed by atoms with Crippen LogP contribution in [0.5, 0.6) is 5.75 Å². The fourth-order valence-electron chi connectivity index (χ4n) is 5.25. The number of halogens is 6. The van der Waals surface area contributed by atoms with Gasteiger partial charge in [-0.3, -0.25) is 0 Å². The highest BCUT2D eigenvalue weighted by Crippen LogP contribution is 2.38. The number of benzene rings is 4. The van der Waals surface area contributed by atoms with E-state index in [0.717, 1.165) is 43.9 Å². The molecule has 1 aliphatic heterocycles. The molecule has 4 aromatic carbocycles. The molecule has 4 nitrogen and oxygen atoms in total. The number of nitrogens with zero attached hydrogens (tertiary/aromatic N) is 1. The summed E-state index contributed by atoms with van der Waals surface area (Å²) in [5.74, 6) is -4.59. The lowest BCUT2D eigenvalue weighted by Gasteiger charge is -2.30. The molecule has 0 bridgehead atoms. The van der Waals surface area contributed by atoms with Crippen molar-refractivity contribution in [3.63, 3.8) is 0 Å². The quantitative estimate of drug-likeness (QED) is 0.0697. The molecule has 240 valence electrons. The van der Waals surface area contributed by atoms with Gasteiger partial charge in [-0.1, -0.05) is 56.5 Å². The summed E-state index contributed by atoms with van der Waals surface area (Å²) in [6.07, 6.45) is -1.35. The first kappa shape index (κ1) is 33.3. The van der Waals surface area contributed by atoms with Gasteiger partial charge in [-0.25, -0.2) is 17.6 Å². The second-order valence-electron chi connectivity index (χ2n) is 10.9. The molecule has 11 heteroatoms. The van der Waals surface area contributed by atoms with Gasteiger partial charge in [0.05, 0.1) is 18.4 Å². The van der Waals surface area contributed by atoms with Crippen LogP contribution in [0, 0.1) is 29.2 Å². The molecule has 46 heavy (non-hydrogen) atoms. The maximum Gasteiger partial charge on any atom is 0.432 e. The first-order chi connectivity index (χ1) is 22.1. The van der Waals surface area contributed by atoms with Crippen LogP contribution in [0.3, 0.4) is 0 Å². The minimum atomic E-state index is -4.36. The molecule has 0 aliphatic carbocycles. The van der Waals surface area contributed by atoms with Crippen molar-refractivity contribution < 1.29 is 40.6 Å². The Morgan fingerprint density at radius 3 is 2.04 bits per heavy atom. The van der Waals surface area contributed by atoms with E-state index >= 15 is 13.2 Å². The van der Waals surface area contributed by atoms with Crippen LogP contribution in [0.4, 0.5) is 32.0 Å². The Hall–Kier alpha value is -4.02. The number of ether oxygens (including phenoxy) is 3. The number of isothiocyanates is 1. The third kappa shape index (κ3) is 7.67. The van der Waals surface area contributed by atoms with Crippen molar-refractivity contribution in [3.05, 3.63) is 107 Å². The van der Waals surface area contributed by atoms with Gasteiger partial charge in [0.25, 0.3) is 0 Å². The highest BCUT2D eigenvalue weighted by atomic mass is 32.1. The molecule has 1 fully saturated rings. The van der Waals surface area contributed by atoms with E-state index in [4.69, 9.17) is 14.2 Å². The van der Waals surface area contributed by atoms with E-state index in [0.29, 0.717) is 24.3 Å². The van der Waals surface area contributed by atoms with Gasteiger partial charge >= 0.3 is 6.11 Å². The minimum absolute atomic E-state index is 0.0270. The molecule has 0 radical (unpaired) electrons. The van der Waals surface area contributed by atoms with Crippen molar-refractivity contribution in [2.45, 2.75) is 45.0 Å². The lowest BCUT2D eigenvalue weighted by Crippen LogP contribution is -2.28. The average molecular weight is 658 g/mol. The smallest absolute Gasteiger partial charge is 0.429 e. The Kier molecular flexibility index (Phi) is 10.6. The third-order valence-corrected chi connectivity index (χ3v) is 7.73.